The normalized spacial score (nSPS) is 17.7. The summed E-state index contributed by atoms with van der Waals surface area (Å²) in [5, 5.41) is 9.03. The largest absolute Gasteiger partial charge is 0.494 e. The van der Waals surface area contributed by atoms with Crippen molar-refractivity contribution in [2.75, 3.05) is 19.8 Å². The van der Waals surface area contributed by atoms with Crippen LogP contribution in [0.4, 0.5) is 4.39 Å². The Morgan fingerprint density at radius 1 is 0.977 bits per heavy atom. The van der Waals surface area contributed by atoms with Gasteiger partial charge in [-0.25, -0.2) is 14.8 Å². The van der Waals surface area contributed by atoms with E-state index in [4.69, 9.17) is 19.6 Å². The van der Waals surface area contributed by atoms with E-state index in [2.05, 4.69) is 26.8 Å². The average Bonchev–Trinajstić information content (AvgIpc) is 3.41. The Labute approximate surface area is 258 Å². The number of hydrazine groups is 1. The zero-order valence-corrected chi connectivity index (χ0v) is 25.1. The lowest BCUT2D eigenvalue weighted by molar-refractivity contribution is -0.130. The highest BCUT2D eigenvalue weighted by Crippen LogP contribution is 2.42. The lowest BCUT2D eigenvalue weighted by Crippen LogP contribution is -2.54. The van der Waals surface area contributed by atoms with Crippen molar-refractivity contribution in [3.8, 4) is 5.75 Å². The van der Waals surface area contributed by atoms with Crippen LogP contribution in [0, 0.1) is 5.82 Å². The third-order valence-corrected chi connectivity index (χ3v) is 7.73. The maximum Gasteiger partial charge on any atom is 0.266 e. The Morgan fingerprint density at radius 2 is 1.70 bits per heavy atom. The predicted molar refractivity (Wildman–Crippen MR) is 167 cm³/mol. The SMILES string of the molecule is O=C(NNCCc1ccccc1F)[C@@]1(Cc2ccccc2)N=C(c2ccc(OCCCO)cc2)O[C@H]1c1ccc(Br)cc1. The smallest absolute Gasteiger partial charge is 0.266 e. The van der Waals surface area contributed by atoms with Gasteiger partial charge in [0.05, 0.1) is 6.61 Å². The highest BCUT2D eigenvalue weighted by Gasteiger charge is 2.53. The molecule has 2 atom stereocenters. The number of nitrogens with zero attached hydrogens (tertiary/aromatic N) is 1. The zero-order valence-electron chi connectivity index (χ0n) is 23.5. The number of ether oxygens (including phenoxy) is 2. The van der Waals surface area contributed by atoms with E-state index in [1.165, 1.54) is 6.07 Å². The minimum atomic E-state index is -1.36. The summed E-state index contributed by atoms with van der Waals surface area (Å²) < 4.78 is 27.2. The number of rotatable bonds is 13. The van der Waals surface area contributed by atoms with Gasteiger partial charge in [0.2, 0.25) is 5.90 Å². The van der Waals surface area contributed by atoms with Gasteiger partial charge >= 0.3 is 0 Å². The lowest BCUT2D eigenvalue weighted by atomic mass is 9.82. The molecule has 222 valence electrons. The van der Waals surface area contributed by atoms with Crippen molar-refractivity contribution in [1.82, 2.24) is 10.9 Å². The fraction of sp³-hybridized carbons (Fsp3) is 0.235. The van der Waals surface area contributed by atoms with E-state index in [0.29, 0.717) is 48.8 Å². The van der Waals surface area contributed by atoms with Crippen LogP contribution in [-0.2, 0) is 22.4 Å². The second-order valence-corrected chi connectivity index (χ2v) is 11.1. The number of benzene rings is 4. The maximum atomic E-state index is 14.2. The van der Waals surface area contributed by atoms with Crippen molar-refractivity contribution in [2.24, 2.45) is 4.99 Å². The van der Waals surface area contributed by atoms with Gasteiger partial charge in [-0.3, -0.25) is 10.2 Å². The van der Waals surface area contributed by atoms with Crippen LogP contribution in [-0.4, -0.2) is 42.2 Å². The second kappa shape index (κ2) is 14.4. The fourth-order valence-corrected chi connectivity index (χ4v) is 5.24. The van der Waals surface area contributed by atoms with Gasteiger partial charge in [-0.1, -0.05) is 76.6 Å². The van der Waals surface area contributed by atoms with E-state index in [0.717, 1.165) is 15.6 Å². The minimum Gasteiger partial charge on any atom is -0.494 e. The summed E-state index contributed by atoms with van der Waals surface area (Å²) in [5.74, 6) is 0.353. The van der Waals surface area contributed by atoms with E-state index in [1.54, 1.807) is 18.2 Å². The number of amides is 1. The van der Waals surface area contributed by atoms with Gasteiger partial charge in [-0.05, 0) is 65.6 Å². The Morgan fingerprint density at radius 3 is 2.42 bits per heavy atom. The Balaban J connectivity index is 1.46. The number of aliphatic imine (C=N–C) groups is 1. The summed E-state index contributed by atoms with van der Waals surface area (Å²) >= 11 is 3.50. The van der Waals surface area contributed by atoms with Gasteiger partial charge in [0, 0.05) is 36.0 Å². The molecule has 4 aromatic carbocycles. The second-order valence-electron chi connectivity index (χ2n) is 10.2. The van der Waals surface area contributed by atoms with Crippen molar-refractivity contribution < 1.29 is 23.8 Å². The first kappa shape index (κ1) is 30.4. The molecule has 3 N–H and O–H groups in total. The first-order chi connectivity index (χ1) is 21.0. The average molecular weight is 647 g/mol. The number of carbonyl (C=O) groups excluding carboxylic acids is 1. The Bertz CT molecular complexity index is 1530. The van der Waals surface area contributed by atoms with E-state index >= 15 is 0 Å². The van der Waals surface area contributed by atoms with Crippen molar-refractivity contribution >= 4 is 27.7 Å². The van der Waals surface area contributed by atoms with E-state index < -0.39 is 11.6 Å². The highest BCUT2D eigenvalue weighted by atomic mass is 79.9. The number of hydrogen-bond donors (Lipinski definition) is 3. The van der Waals surface area contributed by atoms with Crippen molar-refractivity contribution in [3.63, 3.8) is 0 Å². The van der Waals surface area contributed by atoms with E-state index in [-0.39, 0.29) is 24.8 Å². The maximum absolute atomic E-state index is 14.2. The standard InChI is InChI=1S/C34H33BrFN3O4/c35-28-15-11-26(12-16-28)31-34(23-24-7-2-1-3-8-24,33(41)39-37-20-19-25-9-4-5-10-30(25)36)38-32(43-31)27-13-17-29(18-14-27)42-22-6-21-40/h1-5,7-18,31,37,40H,6,19-23H2,(H,39,41)/t31-,34-/m0/s1. The third-order valence-electron chi connectivity index (χ3n) is 7.20. The topological polar surface area (TPSA) is 92.2 Å². The summed E-state index contributed by atoms with van der Waals surface area (Å²) in [4.78, 5) is 19.2. The molecule has 5 rings (SSSR count). The molecule has 0 bridgehead atoms. The number of hydrogen-bond acceptors (Lipinski definition) is 6. The Hall–Kier alpha value is -4.05. The molecule has 4 aromatic rings. The first-order valence-corrected chi connectivity index (χ1v) is 14.9. The highest BCUT2D eigenvalue weighted by molar-refractivity contribution is 9.10. The minimum absolute atomic E-state index is 0.0593. The van der Waals surface area contributed by atoms with E-state index in [1.807, 2.05) is 78.9 Å². The number of halogens is 2. The van der Waals surface area contributed by atoms with Crippen molar-refractivity contribution in [2.45, 2.75) is 30.9 Å². The van der Waals surface area contributed by atoms with Crippen molar-refractivity contribution in [3.05, 3.63) is 136 Å². The van der Waals surface area contributed by atoms with Gasteiger partial charge in [0.25, 0.3) is 5.91 Å². The number of aliphatic hydroxyl groups excluding tert-OH is 1. The van der Waals surface area contributed by atoms with Crippen LogP contribution in [0.2, 0.25) is 0 Å². The summed E-state index contributed by atoms with van der Waals surface area (Å²) in [6.45, 7) is 0.791. The fourth-order valence-electron chi connectivity index (χ4n) is 4.98. The summed E-state index contributed by atoms with van der Waals surface area (Å²) in [6.07, 6.45) is 0.482. The monoisotopic (exact) mass is 645 g/mol. The van der Waals surface area contributed by atoms with Gasteiger partial charge in [-0.15, -0.1) is 0 Å². The molecule has 0 fully saturated rings. The number of nitrogens with one attached hydrogen (secondary N) is 2. The molecule has 1 aliphatic heterocycles. The quantitative estimate of drug-likeness (QED) is 0.128. The molecule has 43 heavy (non-hydrogen) atoms. The lowest BCUT2D eigenvalue weighted by Gasteiger charge is -2.31. The first-order valence-electron chi connectivity index (χ1n) is 14.2. The van der Waals surface area contributed by atoms with Gasteiger partial charge in [0.1, 0.15) is 11.6 Å². The van der Waals surface area contributed by atoms with Gasteiger partial charge in [0.15, 0.2) is 11.6 Å². The molecule has 0 unspecified atom stereocenters. The van der Waals surface area contributed by atoms with Crippen LogP contribution < -0.4 is 15.6 Å². The predicted octanol–water partition coefficient (Wildman–Crippen LogP) is 5.71. The van der Waals surface area contributed by atoms with Crippen molar-refractivity contribution in [1.29, 1.82) is 0 Å². The number of carbonyl (C=O) groups is 1. The Kier molecular flexibility index (Phi) is 10.2. The summed E-state index contributed by atoms with van der Waals surface area (Å²) in [6, 6.07) is 31.3. The summed E-state index contributed by atoms with van der Waals surface area (Å²) in [5.41, 5.74) is 7.45. The van der Waals surface area contributed by atoms with Crippen LogP contribution in [0.3, 0.4) is 0 Å². The number of aliphatic hydroxyl groups is 1. The molecule has 0 aromatic heterocycles. The molecule has 9 heteroatoms. The van der Waals surface area contributed by atoms with Gasteiger partial charge < -0.3 is 14.6 Å². The molecule has 0 aliphatic carbocycles. The van der Waals surface area contributed by atoms with Crippen LogP contribution in [0.5, 0.6) is 5.75 Å². The zero-order chi connectivity index (χ0) is 30.1. The molecule has 1 heterocycles. The van der Waals surface area contributed by atoms with Crippen LogP contribution in [0.25, 0.3) is 0 Å². The van der Waals surface area contributed by atoms with Crippen LogP contribution in [0.1, 0.15) is 34.8 Å². The molecule has 0 saturated heterocycles. The molecular formula is C34H33BrFN3O4. The molecule has 1 amide bonds. The molecule has 0 saturated carbocycles. The molecule has 1 aliphatic rings. The molecular weight excluding hydrogens is 613 g/mol. The summed E-state index contributed by atoms with van der Waals surface area (Å²) in [7, 11) is 0. The molecule has 0 spiro atoms. The van der Waals surface area contributed by atoms with Gasteiger partial charge in [-0.2, -0.15) is 0 Å². The van der Waals surface area contributed by atoms with E-state index in [9.17, 15) is 9.18 Å². The van der Waals surface area contributed by atoms with Crippen LogP contribution >= 0.6 is 15.9 Å². The molecule has 0 radical (unpaired) electrons. The van der Waals surface area contributed by atoms with Crippen LogP contribution in [0.15, 0.2) is 113 Å². The molecule has 7 nitrogen and oxygen atoms in total. The third kappa shape index (κ3) is 7.48.